The number of carbonyl (C=O) groups is 1. The van der Waals surface area contributed by atoms with Crippen LogP contribution in [0.2, 0.25) is 0 Å². The Morgan fingerprint density at radius 1 is 1.24 bits per heavy atom. The van der Waals surface area contributed by atoms with Gasteiger partial charge < -0.3 is 18.8 Å². The minimum absolute atomic E-state index is 0.331. The zero-order chi connectivity index (χ0) is 20.4. The number of carbonyl (C=O) groups excluding carboxylic acids is 1. The molecule has 0 N–H and O–H groups in total. The fraction of sp³-hybridized carbons (Fsp3) is 0.333. The highest BCUT2D eigenvalue weighted by atomic mass is 32.1. The molecule has 0 fully saturated rings. The van der Waals surface area contributed by atoms with Crippen molar-refractivity contribution >= 4 is 27.5 Å². The Morgan fingerprint density at radius 2 is 2.00 bits per heavy atom. The third-order valence-corrected chi connectivity index (χ3v) is 5.64. The van der Waals surface area contributed by atoms with Gasteiger partial charge >= 0.3 is 0 Å². The fourth-order valence-corrected chi connectivity index (χ4v) is 4.28. The van der Waals surface area contributed by atoms with Gasteiger partial charge in [0.15, 0.2) is 16.3 Å². The molecule has 0 radical (unpaired) electrons. The monoisotopic (exact) mass is 416 g/mol. The average Bonchev–Trinajstić information content (AvgIpc) is 3.03. The van der Waals surface area contributed by atoms with E-state index in [2.05, 4.69) is 4.99 Å². The lowest BCUT2D eigenvalue weighted by atomic mass is 10.1. The van der Waals surface area contributed by atoms with Crippen LogP contribution in [0.4, 0.5) is 4.39 Å². The Labute approximate surface area is 171 Å². The molecule has 0 saturated carbocycles. The molecule has 0 bridgehead atoms. The maximum atomic E-state index is 13.7. The minimum Gasteiger partial charge on any atom is -0.482 e. The zero-order valence-corrected chi connectivity index (χ0v) is 16.9. The normalized spacial score (nSPS) is 18.9. The van der Waals surface area contributed by atoms with E-state index in [1.54, 1.807) is 25.1 Å². The molecule has 0 aliphatic carbocycles. The fourth-order valence-electron chi connectivity index (χ4n) is 3.20. The van der Waals surface area contributed by atoms with Gasteiger partial charge in [-0.3, -0.25) is 4.79 Å². The predicted molar refractivity (Wildman–Crippen MR) is 108 cm³/mol. The largest absolute Gasteiger partial charge is 0.482 e. The van der Waals surface area contributed by atoms with E-state index in [-0.39, 0.29) is 5.82 Å². The van der Waals surface area contributed by atoms with Crippen LogP contribution in [-0.2, 0) is 16.1 Å². The maximum Gasteiger partial charge on any atom is 0.293 e. The number of thiazole rings is 1. The standard InChI is InChI=1S/C21H21FN2O4S/c1-3-26-11-10-24-15-9-8-14(22)12-18(15)29-21(24)23-20(25)19-13(2)27-16-6-4-5-7-17(16)28-19/h4-9,12-13,19H,3,10-11H2,1-2H3. The third kappa shape index (κ3) is 4.04. The van der Waals surface area contributed by atoms with Gasteiger partial charge in [0.1, 0.15) is 11.9 Å². The number of fused-ring (bicyclic) bond motifs is 2. The van der Waals surface area contributed by atoms with E-state index in [0.29, 0.717) is 40.8 Å². The molecule has 4 rings (SSSR count). The molecule has 0 saturated heterocycles. The van der Waals surface area contributed by atoms with Crippen LogP contribution in [0.15, 0.2) is 47.5 Å². The van der Waals surface area contributed by atoms with Gasteiger partial charge in [-0.1, -0.05) is 23.5 Å². The van der Waals surface area contributed by atoms with Crippen molar-refractivity contribution in [2.45, 2.75) is 32.6 Å². The van der Waals surface area contributed by atoms with Gasteiger partial charge in [0.2, 0.25) is 6.10 Å². The minimum atomic E-state index is -0.854. The molecular weight excluding hydrogens is 395 g/mol. The zero-order valence-electron chi connectivity index (χ0n) is 16.1. The molecule has 2 unspecified atom stereocenters. The molecule has 6 nitrogen and oxygen atoms in total. The number of rotatable bonds is 5. The van der Waals surface area contributed by atoms with Gasteiger partial charge in [-0.05, 0) is 44.2 Å². The number of aromatic nitrogens is 1. The highest BCUT2D eigenvalue weighted by Crippen LogP contribution is 2.33. The van der Waals surface area contributed by atoms with Crippen LogP contribution in [0.3, 0.4) is 0 Å². The molecule has 1 aromatic heterocycles. The molecule has 29 heavy (non-hydrogen) atoms. The second kappa shape index (κ2) is 8.34. The first-order valence-corrected chi connectivity index (χ1v) is 10.3. The number of benzene rings is 2. The summed E-state index contributed by atoms with van der Waals surface area (Å²) in [5.74, 6) is 0.349. The average molecular weight is 416 g/mol. The quantitative estimate of drug-likeness (QED) is 0.597. The van der Waals surface area contributed by atoms with Crippen molar-refractivity contribution in [2.75, 3.05) is 13.2 Å². The first-order valence-electron chi connectivity index (χ1n) is 9.44. The molecule has 1 aliphatic rings. The molecule has 8 heteroatoms. The Bertz CT molecular complexity index is 1110. The lowest BCUT2D eigenvalue weighted by Gasteiger charge is -2.29. The SMILES string of the molecule is CCOCCn1c(=NC(=O)C2Oc3ccccc3OC2C)sc2cc(F)ccc21. The van der Waals surface area contributed by atoms with Crippen LogP contribution in [0.5, 0.6) is 11.5 Å². The van der Waals surface area contributed by atoms with Crippen molar-refractivity contribution in [3.8, 4) is 11.5 Å². The smallest absolute Gasteiger partial charge is 0.293 e. The van der Waals surface area contributed by atoms with Crippen molar-refractivity contribution in [2.24, 2.45) is 4.99 Å². The summed E-state index contributed by atoms with van der Waals surface area (Å²) >= 11 is 1.26. The number of amides is 1. The highest BCUT2D eigenvalue weighted by Gasteiger charge is 2.34. The molecule has 3 aromatic rings. The summed E-state index contributed by atoms with van der Waals surface area (Å²) in [5.41, 5.74) is 0.807. The lowest BCUT2D eigenvalue weighted by Crippen LogP contribution is -2.43. The second-order valence-electron chi connectivity index (χ2n) is 6.60. The van der Waals surface area contributed by atoms with E-state index in [4.69, 9.17) is 14.2 Å². The van der Waals surface area contributed by atoms with E-state index < -0.39 is 18.1 Å². The molecule has 2 atom stereocenters. The van der Waals surface area contributed by atoms with Gasteiger partial charge in [0, 0.05) is 13.2 Å². The molecular formula is C21H21FN2O4S. The van der Waals surface area contributed by atoms with Crippen molar-refractivity contribution in [3.63, 3.8) is 0 Å². The number of para-hydroxylation sites is 2. The lowest BCUT2D eigenvalue weighted by molar-refractivity contribution is -0.130. The number of hydrogen-bond donors (Lipinski definition) is 0. The van der Waals surface area contributed by atoms with Gasteiger partial charge in [0.25, 0.3) is 5.91 Å². The van der Waals surface area contributed by atoms with Gasteiger partial charge in [-0.25, -0.2) is 4.39 Å². The second-order valence-corrected chi connectivity index (χ2v) is 7.61. The molecule has 1 amide bonds. The molecule has 2 aromatic carbocycles. The summed E-state index contributed by atoms with van der Waals surface area (Å²) in [4.78, 5) is 17.7. The van der Waals surface area contributed by atoms with Crippen LogP contribution in [0.1, 0.15) is 13.8 Å². The van der Waals surface area contributed by atoms with Crippen molar-refractivity contribution in [1.82, 2.24) is 4.57 Å². The van der Waals surface area contributed by atoms with Crippen molar-refractivity contribution in [1.29, 1.82) is 0 Å². The predicted octanol–water partition coefficient (Wildman–Crippen LogP) is 3.53. The maximum absolute atomic E-state index is 13.7. The third-order valence-electron chi connectivity index (χ3n) is 4.60. The summed E-state index contributed by atoms with van der Waals surface area (Å²) in [5, 5.41) is 0. The summed E-state index contributed by atoms with van der Waals surface area (Å²) in [7, 11) is 0. The van der Waals surface area contributed by atoms with Crippen LogP contribution in [0.25, 0.3) is 10.2 Å². The summed E-state index contributed by atoms with van der Waals surface area (Å²) in [6.45, 7) is 5.25. The van der Waals surface area contributed by atoms with Crippen LogP contribution in [0, 0.1) is 5.82 Å². The summed E-state index contributed by atoms with van der Waals surface area (Å²) in [6, 6.07) is 11.8. The Morgan fingerprint density at radius 3 is 2.76 bits per heavy atom. The Kier molecular flexibility index (Phi) is 5.64. The molecule has 1 aliphatic heterocycles. The van der Waals surface area contributed by atoms with Gasteiger partial charge in [-0.15, -0.1) is 0 Å². The Hall–Kier alpha value is -2.71. The molecule has 2 heterocycles. The topological polar surface area (TPSA) is 62.1 Å². The van der Waals surface area contributed by atoms with E-state index in [1.165, 1.54) is 23.5 Å². The van der Waals surface area contributed by atoms with E-state index in [0.717, 1.165) is 5.52 Å². The highest BCUT2D eigenvalue weighted by molar-refractivity contribution is 7.16. The number of ether oxygens (including phenoxy) is 3. The van der Waals surface area contributed by atoms with Crippen molar-refractivity contribution in [3.05, 3.63) is 53.1 Å². The molecule has 152 valence electrons. The summed E-state index contributed by atoms with van der Waals surface area (Å²) < 4.78 is 33.4. The Balaban J connectivity index is 1.69. The first-order chi connectivity index (χ1) is 14.1. The summed E-state index contributed by atoms with van der Waals surface area (Å²) in [6.07, 6.45) is -1.34. The van der Waals surface area contributed by atoms with Crippen LogP contribution >= 0.6 is 11.3 Å². The van der Waals surface area contributed by atoms with Gasteiger partial charge in [-0.2, -0.15) is 4.99 Å². The number of hydrogen-bond acceptors (Lipinski definition) is 5. The van der Waals surface area contributed by atoms with Crippen LogP contribution < -0.4 is 14.3 Å². The number of nitrogens with zero attached hydrogens (tertiary/aromatic N) is 2. The van der Waals surface area contributed by atoms with E-state index in [9.17, 15) is 9.18 Å². The van der Waals surface area contributed by atoms with E-state index >= 15 is 0 Å². The van der Waals surface area contributed by atoms with Crippen LogP contribution in [-0.4, -0.2) is 35.9 Å². The first kappa shape index (κ1) is 19.6. The van der Waals surface area contributed by atoms with Crippen molar-refractivity contribution < 1.29 is 23.4 Å². The number of halogens is 1. The van der Waals surface area contributed by atoms with E-state index in [1.807, 2.05) is 23.6 Å². The molecule has 0 spiro atoms. The van der Waals surface area contributed by atoms with Gasteiger partial charge in [0.05, 0.1) is 16.8 Å².